The van der Waals surface area contributed by atoms with Crippen molar-refractivity contribution in [1.29, 1.82) is 0 Å². The summed E-state index contributed by atoms with van der Waals surface area (Å²) in [5.74, 6) is -2.38. The van der Waals surface area contributed by atoms with Gasteiger partial charge in [-0.25, -0.2) is 17.2 Å². The Hall–Kier alpha value is -1.30. The quantitative estimate of drug-likeness (QED) is 0.839. The van der Waals surface area contributed by atoms with E-state index in [1.54, 1.807) is 0 Å². The molecule has 1 aliphatic heterocycles. The third kappa shape index (κ3) is 2.93. The maximum Gasteiger partial charge on any atom is 0.151 e. The largest absolute Gasteiger partial charge is 0.299 e. The number of benzene rings is 1. The van der Waals surface area contributed by atoms with Crippen molar-refractivity contribution in [3.05, 3.63) is 35.4 Å². The molecule has 1 unspecified atom stereocenters. The Morgan fingerprint density at radius 2 is 2.06 bits per heavy atom. The van der Waals surface area contributed by atoms with Crippen LogP contribution in [0.4, 0.5) is 8.78 Å². The first-order chi connectivity index (χ1) is 8.37. The molecular formula is C12H12F2O3S. The van der Waals surface area contributed by atoms with Gasteiger partial charge in [0.15, 0.2) is 9.84 Å². The van der Waals surface area contributed by atoms with Gasteiger partial charge >= 0.3 is 0 Å². The van der Waals surface area contributed by atoms with Gasteiger partial charge in [0.1, 0.15) is 17.4 Å². The molecule has 1 aromatic carbocycles. The van der Waals surface area contributed by atoms with Crippen LogP contribution in [-0.2, 0) is 21.1 Å². The van der Waals surface area contributed by atoms with Crippen LogP contribution in [0.1, 0.15) is 12.0 Å². The number of carbonyl (C=O) groups is 1. The minimum atomic E-state index is -3.14. The second-order valence-electron chi connectivity index (χ2n) is 4.48. The summed E-state index contributed by atoms with van der Waals surface area (Å²) >= 11 is 0. The van der Waals surface area contributed by atoms with Crippen LogP contribution < -0.4 is 0 Å². The van der Waals surface area contributed by atoms with E-state index in [1.165, 1.54) is 0 Å². The molecule has 0 spiro atoms. The van der Waals surface area contributed by atoms with Crippen LogP contribution >= 0.6 is 0 Å². The molecule has 1 aliphatic rings. The highest BCUT2D eigenvalue weighted by Crippen LogP contribution is 2.21. The molecule has 98 valence electrons. The van der Waals surface area contributed by atoms with E-state index in [-0.39, 0.29) is 35.7 Å². The van der Waals surface area contributed by atoms with E-state index < -0.39 is 27.4 Å². The van der Waals surface area contributed by atoms with Gasteiger partial charge in [-0.2, -0.15) is 0 Å². The Bertz CT molecular complexity index is 581. The van der Waals surface area contributed by atoms with Crippen molar-refractivity contribution < 1.29 is 22.0 Å². The van der Waals surface area contributed by atoms with Crippen molar-refractivity contribution in [2.24, 2.45) is 5.92 Å². The number of ketones is 1. The van der Waals surface area contributed by atoms with E-state index in [0.717, 1.165) is 18.2 Å². The van der Waals surface area contributed by atoms with Crippen LogP contribution in [0.2, 0.25) is 0 Å². The van der Waals surface area contributed by atoms with Gasteiger partial charge in [0.05, 0.1) is 11.5 Å². The zero-order chi connectivity index (χ0) is 13.3. The van der Waals surface area contributed by atoms with E-state index in [9.17, 15) is 22.0 Å². The molecule has 1 heterocycles. The average Bonchev–Trinajstić information content (AvgIpc) is 2.64. The lowest BCUT2D eigenvalue weighted by Crippen LogP contribution is -2.18. The zero-order valence-corrected chi connectivity index (χ0v) is 10.3. The number of rotatable bonds is 3. The summed E-state index contributed by atoms with van der Waals surface area (Å²) in [5.41, 5.74) is -0.0238. The number of hydrogen-bond donors (Lipinski definition) is 0. The van der Waals surface area contributed by atoms with Crippen LogP contribution in [0, 0.1) is 17.6 Å². The van der Waals surface area contributed by atoms with Gasteiger partial charge in [0.2, 0.25) is 0 Å². The van der Waals surface area contributed by atoms with Crippen molar-refractivity contribution in [1.82, 2.24) is 0 Å². The maximum atomic E-state index is 13.3. The van der Waals surface area contributed by atoms with Crippen molar-refractivity contribution >= 4 is 15.6 Å². The van der Waals surface area contributed by atoms with Crippen molar-refractivity contribution in [3.63, 3.8) is 0 Å². The lowest BCUT2D eigenvalue weighted by molar-refractivity contribution is -0.121. The molecule has 3 nitrogen and oxygen atoms in total. The first-order valence-corrected chi connectivity index (χ1v) is 7.36. The van der Waals surface area contributed by atoms with Gasteiger partial charge in [-0.15, -0.1) is 0 Å². The highest BCUT2D eigenvalue weighted by atomic mass is 32.2. The summed E-state index contributed by atoms with van der Waals surface area (Å²) in [6.07, 6.45) is 0.0158. The summed E-state index contributed by atoms with van der Waals surface area (Å²) in [6, 6.07) is 2.91. The summed E-state index contributed by atoms with van der Waals surface area (Å²) in [5, 5.41) is 0. The first-order valence-electron chi connectivity index (χ1n) is 5.54. The van der Waals surface area contributed by atoms with E-state index in [0.29, 0.717) is 0 Å². The molecule has 0 aromatic heterocycles. The molecule has 0 aliphatic carbocycles. The van der Waals surface area contributed by atoms with Gasteiger partial charge in [-0.1, -0.05) is 0 Å². The van der Waals surface area contributed by atoms with Gasteiger partial charge < -0.3 is 0 Å². The Kier molecular flexibility index (Phi) is 3.47. The Morgan fingerprint density at radius 3 is 2.67 bits per heavy atom. The molecule has 1 aromatic rings. The topological polar surface area (TPSA) is 51.2 Å². The summed E-state index contributed by atoms with van der Waals surface area (Å²) < 4.78 is 48.7. The molecule has 0 bridgehead atoms. The first kappa shape index (κ1) is 13.1. The normalized spacial score (nSPS) is 22.0. The average molecular weight is 274 g/mol. The number of hydrogen-bond acceptors (Lipinski definition) is 3. The lowest BCUT2D eigenvalue weighted by Gasteiger charge is -2.07. The molecule has 0 saturated carbocycles. The summed E-state index contributed by atoms with van der Waals surface area (Å²) in [4.78, 5) is 11.8. The highest BCUT2D eigenvalue weighted by Gasteiger charge is 2.32. The maximum absolute atomic E-state index is 13.3. The predicted molar refractivity (Wildman–Crippen MR) is 61.8 cm³/mol. The van der Waals surface area contributed by atoms with E-state index in [2.05, 4.69) is 0 Å². The lowest BCUT2D eigenvalue weighted by atomic mass is 9.97. The van der Waals surface area contributed by atoms with Gasteiger partial charge in [-0.05, 0) is 30.2 Å². The summed E-state index contributed by atoms with van der Waals surface area (Å²) in [6.45, 7) is 0. The number of Topliss-reactive ketones (excluding diaryl/α,β-unsaturated/α-hetero) is 1. The monoisotopic (exact) mass is 274 g/mol. The van der Waals surface area contributed by atoms with Crippen LogP contribution in [0.25, 0.3) is 0 Å². The van der Waals surface area contributed by atoms with Gasteiger partial charge in [0.25, 0.3) is 0 Å². The van der Waals surface area contributed by atoms with Crippen molar-refractivity contribution in [2.75, 3.05) is 11.5 Å². The zero-order valence-electron chi connectivity index (χ0n) is 9.53. The van der Waals surface area contributed by atoms with E-state index >= 15 is 0 Å². The SMILES string of the molecule is O=C(Cc1cc(F)ccc1F)C1CCS(=O)(=O)C1. The number of sulfone groups is 1. The molecule has 0 amide bonds. The summed E-state index contributed by atoms with van der Waals surface area (Å²) in [7, 11) is -3.14. The second-order valence-corrected chi connectivity index (χ2v) is 6.71. The highest BCUT2D eigenvalue weighted by molar-refractivity contribution is 7.91. The van der Waals surface area contributed by atoms with Gasteiger partial charge in [-0.3, -0.25) is 4.79 Å². The molecule has 1 saturated heterocycles. The number of halogens is 2. The molecule has 6 heteroatoms. The molecule has 1 fully saturated rings. The fraction of sp³-hybridized carbons (Fsp3) is 0.417. The Morgan fingerprint density at radius 1 is 1.33 bits per heavy atom. The van der Waals surface area contributed by atoms with Crippen LogP contribution in [0.15, 0.2) is 18.2 Å². The number of carbonyl (C=O) groups excluding carboxylic acids is 1. The fourth-order valence-corrected chi connectivity index (χ4v) is 3.84. The molecule has 18 heavy (non-hydrogen) atoms. The van der Waals surface area contributed by atoms with Crippen molar-refractivity contribution in [2.45, 2.75) is 12.8 Å². The second kappa shape index (κ2) is 4.76. The molecule has 1 atom stereocenters. The standard InChI is InChI=1S/C12H12F2O3S/c13-10-1-2-11(14)9(5-10)6-12(15)8-3-4-18(16,17)7-8/h1-2,5,8H,3-4,6-7H2. The Balaban J connectivity index is 2.10. The van der Waals surface area contributed by atoms with E-state index in [4.69, 9.17) is 0 Å². The van der Waals surface area contributed by atoms with E-state index in [1.807, 2.05) is 0 Å². The Labute approximate surface area is 104 Å². The molecule has 0 radical (unpaired) electrons. The van der Waals surface area contributed by atoms with Crippen LogP contribution in [0.3, 0.4) is 0 Å². The van der Waals surface area contributed by atoms with Crippen molar-refractivity contribution in [3.8, 4) is 0 Å². The smallest absolute Gasteiger partial charge is 0.151 e. The van der Waals surface area contributed by atoms with Crippen LogP contribution in [0.5, 0.6) is 0 Å². The predicted octanol–water partition coefficient (Wildman–Crippen LogP) is 1.51. The third-order valence-corrected chi connectivity index (χ3v) is 4.83. The molecule has 2 rings (SSSR count). The molecular weight excluding hydrogens is 262 g/mol. The minimum Gasteiger partial charge on any atom is -0.299 e. The third-order valence-electron chi connectivity index (χ3n) is 3.06. The van der Waals surface area contributed by atoms with Crippen LogP contribution in [-0.4, -0.2) is 25.7 Å². The minimum absolute atomic E-state index is 0.00492. The molecule has 0 N–H and O–H groups in total. The van der Waals surface area contributed by atoms with Gasteiger partial charge in [0, 0.05) is 12.3 Å². The fourth-order valence-electron chi connectivity index (χ4n) is 2.06.